The molecule has 124 valence electrons. The van der Waals surface area contributed by atoms with Crippen LogP contribution >= 0.6 is 0 Å². The molecular weight excluding hydrogens is 306 g/mol. The lowest BCUT2D eigenvalue weighted by molar-refractivity contribution is 0.174. The van der Waals surface area contributed by atoms with Crippen LogP contribution in [-0.2, 0) is 6.54 Å². The smallest absolute Gasteiger partial charge is 0.231 e. The van der Waals surface area contributed by atoms with Crippen molar-refractivity contribution >= 4 is 16.7 Å². The van der Waals surface area contributed by atoms with E-state index in [4.69, 9.17) is 20.2 Å². The molecule has 1 aromatic heterocycles. The minimum absolute atomic E-state index is 0.125. The van der Waals surface area contributed by atoms with E-state index in [0.29, 0.717) is 18.7 Å². The number of aliphatic hydroxyl groups excluding tert-OH is 1. The standard InChI is InChI=1S/C18H19N3O3/c1-11-3-4-12(7-13(11)19)18-20-14-8-16-17(24-10-23-16)9-15(14)21(18)5-2-6-22/h3-4,7-9,22H,2,5-6,10,19H2,1H3. The number of aliphatic hydroxyl groups is 1. The Morgan fingerprint density at radius 2 is 2.00 bits per heavy atom. The monoisotopic (exact) mass is 325 g/mol. The molecule has 0 spiro atoms. The normalized spacial score (nSPS) is 12.9. The summed E-state index contributed by atoms with van der Waals surface area (Å²) in [6, 6.07) is 9.79. The average Bonchev–Trinajstić information content (AvgIpc) is 3.17. The van der Waals surface area contributed by atoms with Crippen LogP contribution in [0.25, 0.3) is 22.4 Å². The molecule has 0 aliphatic carbocycles. The number of aryl methyl sites for hydroxylation is 2. The molecule has 4 rings (SSSR count). The van der Waals surface area contributed by atoms with E-state index >= 15 is 0 Å². The minimum Gasteiger partial charge on any atom is -0.454 e. The number of ether oxygens (including phenoxy) is 2. The van der Waals surface area contributed by atoms with Crippen LogP contribution in [0.1, 0.15) is 12.0 Å². The second-order valence-corrected chi connectivity index (χ2v) is 5.93. The van der Waals surface area contributed by atoms with Crippen molar-refractivity contribution in [3.63, 3.8) is 0 Å². The lowest BCUT2D eigenvalue weighted by Crippen LogP contribution is -2.03. The molecule has 6 heteroatoms. The van der Waals surface area contributed by atoms with Crippen LogP contribution in [0, 0.1) is 6.92 Å². The molecule has 0 fully saturated rings. The van der Waals surface area contributed by atoms with Crippen LogP contribution in [0.2, 0.25) is 0 Å². The summed E-state index contributed by atoms with van der Waals surface area (Å²) in [7, 11) is 0. The Kier molecular flexibility index (Phi) is 3.54. The van der Waals surface area contributed by atoms with Crippen molar-refractivity contribution < 1.29 is 14.6 Å². The van der Waals surface area contributed by atoms with Gasteiger partial charge < -0.3 is 24.9 Å². The largest absolute Gasteiger partial charge is 0.454 e. The molecule has 3 N–H and O–H groups in total. The van der Waals surface area contributed by atoms with E-state index in [-0.39, 0.29) is 13.4 Å². The molecule has 0 saturated carbocycles. The van der Waals surface area contributed by atoms with Gasteiger partial charge in [-0.25, -0.2) is 4.98 Å². The fourth-order valence-corrected chi connectivity index (χ4v) is 2.97. The summed E-state index contributed by atoms with van der Waals surface area (Å²) in [6.07, 6.45) is 0.647. The zero-order valence-electron chi connectivity index (χ0n) is 13.5. The fraction of sp³-hybridized carbons (Fsp3) is 0.278. The predicted octanol–water partition coefficient (Wildman–Crippen LogP) is 2.71. The van der Waals surface area contributed by atoms with Gasteiger partial charge in [-0.05, 0) is 25.0 Å². The van der Waals surface area contributed by atoms with Crippen molar-refractivity contribution in [2.45, 2.75) is 19.9 Å². The quantitative estimate of drug-likeness (QED) is 0.721. The summed E-state index contributed by atoms with van der Waals surface area (Å²) >= 11 is 0. The van der Waals surface area contributed by atoms with Crippen LogP contribution in [0.4, 0.5) is 5.69 Å². The molecule has 0 atom stereocenters. The SMILES string of the molecule is Cc1ccc(-c2nc3cc4c(cc3n2CCCO)OCO4)cc1N. The van der Waals surface area contributed by atoms with Crippen LogP contribution in [0.5, 0.6) is 11.5 Å². The fourth-order valence-electron chi connectivity index (χ4n) is 2.97. The highest BCUT2D eigenvalue weighted by molar-refractivity contribution is 5.84. The van der Waals surface area contributed by atoms with Gasteiger partial charge in [-0.2, -0.15) is 0 Å². The van der Waals surface area contributed by atoms with Crippen molar-refractivity contribution in [3.8, 4) is 22.9 Å². The highest BCUT2D eigenvalue weighted by atomic mass is 16.7. The third kappa shape index (κ3) is 2.35. The number of rotatable bonds is 4. The Hall–Kier alpha value is -2.73. The van der Waals surface area contributed by atoms with Gasteiger partial charge in [0.15, 0.2) is 11.5 Å². The maximum atomic E-state index is 9.24. The summed E-state index contributed by atoms with van der Waals surface area (Å²) in [5, 5.41) is 9.24. The Morgan fingerprint density at radius 3 is 2.75 bits per heavy atom. The first kappa shape index (κ1) is 14.8. The van der Waals surface area contributed by atoms with Gasteiger partial charge in [-0.1, -0.05) is 12.1 Å². The summed E-state index contributed by atoms with van der Waals surface area (Å²) < 4.78 is 13.0. The number of nitrogens with two attached hydrogens (primary N) is 1. The van der Waals surface area contributed by atoms with Crippen molar-refractivity contribution in [2.24, 2.45) is 0 Å². The Labute approximate surface area is 139 Å². The topological polar surface area (TPSA) is 82.5 Å². The molecule has 0 radical (unpaired) electrons. The van der Waals surface area contributed by atoms with Gasteiger partial charge in [0.1, 0.15) is 5.82 Å². The number of benzene rings is 2. The third-order valence-corrected chi connectivity index (χ3v) is 4.32. The van der Waals surface area contributed by atoms with Crippen molar-refractivity contribution in [3.05, 3.63) is 35.9 Å². The van der Waals surface area contributed by atoms with E-state index in [0.717, 1.165) is 39.4 Å². The van der Waals surface area contributed by atoms with E-state index in [1.165, 1.54) is 0 Å². The van der Waals surface area contributed by atoms with Gasteiger partial charge in [0.2, 0.25) is 6.79 Å². The molecule has 1 aliphatic heterocycles. The van der Waals surface area contributed by atoms with Crippen molar-refractivity contribution in [1.82, 2.24) is 9.55 Å². The maximum Gasteiger partial charge on any atom is 0.231 e. The zero-order valence-corrected chi connectivity index (χ0v) is 13.5. The number of aromatic nitrogens is 2. The van der Waals surface area contributed by atoms with Crippen LogP contribution < -0.4 is 15.2 Å². The number of imidazole rings is 1. The summed E-state index contributed by atoms with van der Waals surface area (Å²) in [4.78, 5) is 4.77. The molecule has 2 aromatic carbocycles. The number of nitrogen functional groups attached to an aromatic ring is 1. The minimum atomic E-state index is 0.125. The molecule has 6 nitrogen and oxygen atoms in total. The highest BCUT2D eigenvalue weighted by Crippen LogP contribution is 2.38. The Bertz CT molecular complexity index is 918. The first-order valence-electron chi connectivity index (χ1n) is 7.94. The second kappa shape index (κ2) is 5.72. The number of anilines is 1. The van der Waals surface area contributed by atoms with Crippen LogP contribution in [-0.4, -0.2) is 28.1 Å². The first-order chi connectivity index (χ1) is 11.7. The molecule has 1 aliphatic rings. The lowest BCUT2D eigenvalue weighted by Gasteiger charge is -2.10. The first-order valence-corrected chi connectivity index (χ1v) is 7.94. The van der Waals surface area contributed by atoms with E-state index in [9.17, 15) is 5.11 Å². The molecule has 0 amide bonds. The molecule has 0 saturated heterocycles. The second-order valence-electron chi connectivity index (χ2n) is 5.93. The average molecular weight is 325 g/mol. The molecular formula is C18H19N3O3. The summed E-state index contributed by atoms with van der Waals surface area (Å²) in [6.45, 7) is 3.00. The van der Waals surface area contributed by atoms with Gasteiger partial charge in [0.05, 0.1) is 11.0 Å². The van der Waals surface area contributed by atoms with Gasteiger partial charge >= 0.3 is 0 Å². The zero-order chi connectivity index (χ0) is 16.7. The summed E-state index contributed by atoms with van der Waals surface area (Å²) in [5.74, 6) is 2.26. The molecule has 0 bridgehead atoms. The van der Waals surface area contributed by atoms with Gasteiger partial charge in [0.25, 0.3) is 0 Å². The number of fused-ring (bicyclic) bond motifs is 2. The highest BCUT2D eigenvalue weighted by Gasteiger charge is 2.20. The van der Waals surface area contributed by atoms with E-state index in [1.807, 2.05) is 37.3 Å². The van der Waals surface area contributed by atoms with Crippen molar-refractivity contribution in [2.75, 3.05) is 19.1 Å². The molecule has 24 heavy (non-hydrogen) atoms. The van der Waals surface area contributed by atoms with Crippen molar-refractivity contribution in [1.29, 1.82) is 0 Å². The molecule has 2 heterocycles. The van der Waals surface area contributed by atoms with E-state index < -0.39 is 0 Å². The lowest BCUT2D eigenvalue weighted by atomic mass is 10.1. The van der Waals surface area contributed by atoms with Gasteiger partial charge in [-0.3, -0.25) is 0 Å². The van der Waals surface area contributed by atoms with E-state index in [2.05, 4.69) is 4.57 Å². The maximum absolute atomic E-state index is 9.24. The summed E-state index contributed by atoms with van der Waals surface area (Å²) in [5.41, 5.74) is 10.6. The molecule has 3 aromatic rings. The Morgan fingerprint density at radius 1 is 1.21 bits per heavy atom. The van der Waals surface area contributed by atoms with Gasteiger partial charge in [-0.15, -0.1) is 0 Å². The number of hydrogen-bond acceptors (Lipinski definition) is 5. The Balaban J connectivity index is 1.91. The third-order valence-electron chi connectivity index (χ3n) is 4.32. The number of nitrogens with zero attached hydrogens (tertiary/aromatic N) is 2. The van der Waals surface area contributed by atoms with E-state index in [1.54, 1.807) is 0 Å². The number of hydrogen-bond donors (Lipinski definition) is 2. The van der Waals surface area contributed by atoms with Crippen LogP contribution in [0.3, 0.4) is 0 Å². The predicted molar refractivity (Wildman–Crippen MR) is 92.1 cm³/mol. The molecule has 0 unspecified atom stereocenters. The van der Waals surface area contributed by atoms with Gasteiger partial charge in [0, 0.05) is 36.5 Å². The van der Waals surface area contributed by atoms with Crippen LogP contribution in [0.15, 0.2) is 30.3 Å².